The van der Waals surface area contributed by atoms with Gasteiger partial charge in [-0.25, -0.2) is 0 Å². The average Bonchev–Trinajstić information content (AvgIpc) is 1.84. The van der Waals surface area contributed by atoms with E-state index in [1.807, 2.05) is 27.7 Å². The van der Waals surface area contributed by atoms with E-state index >= 15 is 0 Å². The summed E-state index contributed by atoms with van der Waals surface area (Å²) in [5.74, 6) is 0.664. The lowest BCUT2D eigenvalue weighted by Crippen LogP contribution is -2.33. The van der Waals surface area contributed by atoms with Crippen molar-refractivity contribution >= 4 is 36.5 Å². The van der Waals surface area contributed by atoms with E-state index in [0.717, 1.165) is 0 Å². The monoisotopic (exact) mass is 242 g/mol. The molecule has 0 aliphatic heterocycles. The second-order valence-corrected chi connectivity index (χ2v) is 3.22. The molecule has 0 amide bonds. The predicted molar refractivity (Wildman–Crippen MR) is 68.0 cm³/mol. The second kappa shape index (κ2) is 9.09. The van der Waals surface area contributed by atoms with Crippen LogP contribution in [-0.4, -0.2) is 23.8 Å². The quantitative estimate of drug-likeness (QED) is 0.567. The van der Waals surface area contributed by atoms with E-state index in [0.29, 0.717) is 11.7 Å². The lowest BCUT2D eigenvalue weighted by Gasteiger charge is -2.03. The molecule has 0 saturated heterocycles. The highest BCUT2D eigenvalue weighted by Crippen LogP contribution is 1.89. The van der Waals surface area contributed by atoms with Crippen LogP contribution in [0.3, 0.4) is 0 Å². The third-order valence-corrected chi connectivity index (χ3v) is 1.06. The maximum atomic E-state index is 5.56. The van der Waals surface area contributed by atoms with Crippen LogP contribution in [0.15, 0.2) is 9.98 Å². The van der Waals surface area contributed by atoms with Gasteiger partial charge < -0.3 is 11.5 Å². The highest BCUT2D eigenvalue weighted by molar-refractivity contribution is 6.39. The number of rotatable bonds is 2. The zero-order chi connectivity index (χ0) is 9.72. The molecule has 86 valence electrons. The van der Waals surface area contributed by atoms with Crippen LogP contribution in [0.4, 0.5) is 0 Å². The van der Waals surface area contributed by atoms with Crippen LogP contribution in [-0.2, 0) is 0 Å². The first-order valence-electron chi connectivity index (χ1n) is 4.10. The summed E-state index contributed by atoms with van der Waals surface area (Å²) in [5, 5.41) is 0. The fraction of sp³-hybridized carbons (Fsp3) is 0.750. The molecule has 14 heavy (non-hydrogen) atoms. The van der Waals surface area contributed by atoms with E-state index in [1.165, 1.54) is 0 Å². The number of aliphatic imine (C=N–C) groups is 2. The van der Waals surface area contributed by atoms with E-state index in [-0.39, 0.29) is 36.9 Å². The minimum absolute atomic E-state index is 0. The Kier molecular flexibility index (Phi) is 12.4. The van der Waals surface area contributed by atoms with Crippen LogP contribution in [0.25, 0.3) is 0 Å². The van der Waals surface area contributed by atoms with Crippen molar-refractivity contribution in [2.75, 3.05) is 0 Å². The molecule has 0 spiro atoms. The van der Waals surface area contributed by atoms with Crippen LogP contribution in [0.5, 0.6) is 0 Å². The van der Waals surface area contributed by atoms with Crippen LogP contribution in [0.2, 0.25) is 0 Å². The second-order valence-electron chi connectivity index (χ2n) is 3.22. The van der Waals surface area contributed by atoms with Crippen molar-refractivity contribution in [2.24, 2.45) is 21.5 Å². The molecule has 0 heterocycles. The fourth-order valence-electron chi connectivity index (χ4n) is 0.689. The van der Waals surface area contributed by atoms with E-state index < -0.39 is 0 Å². The Balaban J connectivity index is -0.000000605. The molecule has 0 fully saturated rings. The van der Waals surface area contributed by atoms with Crippen molar-refractivity contribution in [2.45, 2.75) is 39.8 Å². The minimum Gasteiger partial charge on any atom is -0.381 e. The number of amidine groups is 2. The summed E-state index contributed by atoms with van der Waals surface area (Å²) in [4.78, 5) is 8.14. The predicted octanol–water partition coefficient (Wildman–Crippen LogP) is 1.36. The first-order valence-corrected chi connectivity index (χ1v) is 4.10. The summed E-state index contributed by atoms with van der Waals surface area (Å²) in [6, 6.07) is 0.317. The Morgan fingerprint density at radius 1 is 0.786 bits per heavy atom. The van der Waals surface area contributed by atoms with E-state index in [4.69, 9.17) is 11.5 Å². The molecule has 0 rings (SSSR count). The van der Waals surface area contributed by atoms with Gasteiger partial charge in [0.25, 0.3) is 0 Å². The summed E-state index contributed by atoms with van der Waals surface area (Å²) < 4.78 is 0. The van der Waals surface area contributed by atoms with Crippen molar-refractivity contribution in [1.29, 1.82) is 0 Å². The summed E-state index contributed by atoms with van der Waals surface area (Å²) >= 11 is 0. The first kappa shape index (κ1) is 19.1. The van der Waals surface area contributed by atoms with Crippen molar-refractivity contribution in [3.8, 4) is 0 Å². The molecule has 0 aromatic heterocycles. The topological polar surface area (TPSA) is 76.8 Å². The maximum absolute atomic E-state index is 5.56. The van der Waals surface area contributed by atoms with Gasteiger partial charge in [-0.05, 0) is 27.7 Å². The smallest absolute Gasteiger partial charge is 0.161 e. The molecule has 0 atom stereocenters. The van der Waals surface area contributed by atoms with Gasteiger partial charge in [0.2, 0.25) is 0 Å². The number of halogens is 2. The van der Waals surface area contributed by atoms with Gasteiger partial charge >= 0.3 is 0 Å². The van der Waals surface area contributed by atoms with Gasteiger partial charge in [-0.3, -0.25) is 9.98 Å². The molecule has 6 heteroatoms. The first-order chi connectivity index (χ1) is 5.43. The van der Waals surface area contributed by atoms with Gasteiger partial charge in [-0.2, -0.15) is 0 Å². The fourth-order valence-corrected chi connectivity index (χ4v) is 0.689. The van der Waals surface area contributed by atoms with Crippen molar-refractivity contribution < 1.29 is 0 Å². The number of hydrogen-bond donors (Lipinski definition) is 2. The summed E-state index contributed by atoms with van der Waals surface area (Å²) in [5.41, 5.74) is 11.1. The van der Waals surface area contributed by atoms with Gasteiger partial charge in [0.05, 0.1) is 0 Å². The molecule has 0 aromatic carbocycles. The molecule has 0 unspecified atom stereocenters. The van der Waals surface area contributed by atoms with E-state index in [2.05, 4.69) is 9.98 Å². The third-order valence-electron chi connectivity index (χ3n) is 1.06. The lowest BCUT2D eigenvalue weighted by atomic mass is 10.4. The van der Waals surface area contributed by atoms with Gasteiger partial charge in [0.15, 0.2) is 11.7 Å². The molecule has 0 aliphatic rings. The molecule has 0 aromatic rings. The highest BCUT2D eigenvalue weighted by atomic mass is 35.5. The Hall–Kier alpha value is -0.480. The molecule has 0 radical (unpaired) electrons. The van der Waals surface area contributed by atoms with Gasteiger partial charge in [-0.1, -0.05) is 0 Å². The van der Waals surface area contributed by atoms with Crippen LogP contribution in [0, 0.1) is 0 Å². The zero-order valence-electron chi connectivity index (χ0n) is 9.02. The zero-order valence-corrected chi connectivity index (χ0v) is 10.7. The number of hydrogen-bond acceptors (Lipinski definition) is 2. The van der Waals surface area contributed by atoms with Gasteiger partial charge in [0.1, 0.15) is 0 Å². The largest absolute Gasteiger partial charge is 0.381 e. The Morgan fingerprint density at radius 3 is 1.14 bits per heavy atom. The van der Waals surface area contributed by atoms with Crippen LogP contribution >= 0.6 is 24.8 Å². The molecule has 0 saturated carbocycles. The normalized spacial score (nSPS) is 12.4. The standard InChI is InChI=1S/C8H18N4.2ClH/c1-5(2)11-7(9)8(10)12-6(3)4;;/h5-6H,1-4H3,(H2,9,11)(H2,10,12);2*1H. The molecule has 0 aliphatic carbocycles. The SMILES string of the molecule is CC(C)N=C(N)C(N)=NC(C)C.Cl.Cl. The molecule has 0 bridgehead atoms. The Bertz CT molecular complexity index is 178. The van der Waals surface area contributed by atoms with Crippen LogP contribution in [0.1, 0.15) is 27.7 Å². The molecular weight excluding hydrogens is 223 g/mol. The molecule has 4 N–H and O–H groups in total. The summed E-state index contributed by atoms with van der Waals surface area (Å²) in [7, 11) is 0. The average molecular weight is 243 g/mol. The third kappa shape index (κ3) is 9.61. The highest BCUT2D eigenvalue weighted by Gasteiger charge is 2.00. The molecular formula is C8H20Cl2N4. The van der Waals surface area contributed by atoms with Gasteiger partial charge in [-0.15, -0.1) is 24.8 Å². The summed E-state index contributed by atoms with van der Waals surface area (Å²) in [6.45, 7) is 7.76. The van der Waals surface area contributed by atoms with Crippen molar-refractivity contribution in [1.82, 2.24) is 0 Å². The summed E-state index contributed by atoms with van der Waals surface area (Å²) in [6.07, 6.45) is 0. The Morgan fingerprint density at radius 2 is 1.00 bits per heavy atom. The van der Waals surface area contributed by atoms with E-state index in [1.54, 1.807) is 0 Å². The lowest BCUT2D eigenvalue weighted by molar-refractivity contribution is 0.826. The number of nitrogens with two attached hydrogens (primary N) is 2. The van der Waals surface area contributed by atoms with Crippen molar-refractivity contribution in [3.05, 3.63) is 0 Å². The molecule has 4 nitrogen and oxygen atoms in total. The van der Waals surface area contributed by atoms with Gasteiger partial charge in [0, 0.05) is 12.1 Å². The van der Waals surface area contributed by atoms with E-state index in [9.17, 15) is 0 Å². The van der Waals surface area contributed by atoms with Crippen LogP contribution < -0.4 is 11.5 Å². The van der Waals surface area contributed by atoms with Crippen molar-refractivity contribution in [3.63, 3.8) is 0 Å². The number of nitrogens with zero attached hydrogens (tertiary/aromatic N) is 2. The Labute approximate surface area is 98.1 Å². The maximum Gasteiger partial charge on any atom is 0.161 e. The minimum atomic E-state index is 0.